The summed E-state index contributed by atoms with van der Waals surface area (Å²) in [5, 5.41) is 8.35. The van der Waals surface area contributed by atoms with E-state index in [2.05, 4.69) is 17.1 Å². The topological polar surface area (TPSA) is 51.0 Å². The van der Waals surface area contributed by atoms with Gasteiger partial charge < -0.3 is 4.74 Å². The van der Waals surface area contributed by atoms with Crippen molar-refractivity contribution >= 4 is 17.4 Å². The summed E-state index contributed by atoms with van der Waals surface area (Å²) in [6.07, 6.45) is 1.33. The molecule has 0 aromatic heterocycles. The maximum atomic E-state index is 11.7. The number of ether oxygens (including phenoxy) is 1. The van der Waals surface area contributed by atoms with Gasteiger partial charge in [0.05, 0.1) is 13.0 Å². The Morgan fingerprint density at radius 2 is 2.06 bits per heavy atom. The number of rotatable bonds is 5. The van der Waals surface area contributed by atoms with Gasteiger partial charge >= 0.3 is 5.97 Å². The first-order valence-electron chi connectivity index (χ1n) is 6.66. The summed E-state index contributed by atoms with van der Waals surface area (Å²) in [5.74, 6) is 0.715. The molecule has 0 N–H and O–H groups in total. The molecular formula is C14H24N2O2. The molecule has 1 rings (SSSR count). The summed E-state index contributed by atoms with van der Waals surface area (Å²) in [5.41, 5.74) is 2.07. The molecule has 0 saturated carbocycles. The summed E-state index contributed by atoms with van der Waals surface area (Å²) < 4.78 is 5.19. The summed E-state index contributed by atoms with van der Waals surface area (Å²) in [4.78, 5) is 11.7. The van der Waals surface area contributed by atoms with E-state index in [0.29, 0.717) is 24.9 Å². The van der Waals surface area contributed by atoms with E-state index in [0.717, 1.165) is 17.8 Å². The van der Waals surface area contributed by atoms with Crippen LogP contribution in [0.5, 0.6) is 0 Å². The van der Waals surface area contributed by atoms with Crippen LogP contribution in [0, 0.1) is 17.8 Å². The standard InChI is InChI=1S/C14H24N2O2/c1-9(2)8-18-13(17)7-11(4)14-10(3)6-12(5)15-16-14/h9-11H,6-8H2,1-5H3. The third-order valence-corrected chi connectivity index (χ3v) is 3.00. The molecule has 102 valence electrons. The van der Waals surface area contributed by atoms with Crippen LogP contribution in [0.25, 0.3) is 0 Å². The molecule has 4 nitrogen and oxygen atoms in total. The van der Waals surface area contributed by atoms with Crippen molar-refractivity contribution in [1.82, 2.24) is 0 Å². The van der Waals surface area contributed by atoms with Gasteiger partial charge in [0.2, 0.25) is 0 Å². The lowest BCUT2D eigenvalue weighted by Gasteiger charge is -2.22. The Bertz CT molecular complexity index is 359. The van der Waals surface area contributed by atoms with Crippen molar-refractivity contribution in [2.75, 3.05) is 6.61 Å². The summed E-state index contributed by atoms with van der Waals surface area (Å²) in [6, 6.07) is 0. The lowest BCUT2D eigenvalue weighted by molar-refractivity contribution is -0.145. The predicted molar refractivity (Wildman–Crippen MR) is 73.9 cm³/mol. The normalized spacial score (nSPS) is 21.3. The average molecular weight is 252 g/mol. The predicted octanol–water partition coefficient (Wildman–Crippen LogP) is 3.07. The maximum absolute atomic E-state index is 11.7. The molecule has 2 unspecified atom stereocenters. The van der Waals surface area contributed by atoms with Crippen LogP contribution in [0.4, 0.5) is 0 Å². The average Bonchev–Trinajstić information content (AvgIpc) is 2.26. The molecule has 1 aliphatic heterocycles. The largest absolute Gasteiger partial charge is 0.465 e. The van der Waals surface area contributed by atoms with Crippen molar-refractivity contribution in [1.29, 1.82) is 0 Å². The molecule has 1 aliphatic rings. The number of hydrogen-bond donors (Lipinski definition) is 0. The van der Waals surface area contributed by atoms with Crippen LogP contribution in [-0.2, 0) is 9.53 Å². The van der Waals surface area contributed by atoms with Crippen LogP contribution in [0.1, 0.15) is 47.5 Å². The highest BCUT2D eigenvalue weighted by Crippen LogP contribution is 2.20. The highest BCUT2D eigenvalue weighted by atomic mass is 16.5. The van der Waals surface area contributed by atoms with Crippen LogP contribution in [0.2, 0.25) is 0 Å². The molecule has 0 aromatic rings. The van der Waals surface area contributed by atoms with Crippen molar-refractivity contribution in [3.8, 4) is 0 Å². The van der Waals surface area contributed by atoms with E-state index in [9.17, 15) is 4.79 Å². The van der Waals surface area contributed by atoms with Crippen molar-refractivity contribution < 1.29 is 9.53 Å². The Morgan fingerprint density at radius 1 is 1.39 bits per heavy atom. The number of carbonyl (C=O) groups is 1. The smallest absolute Gasteiger partial charge is 0.306 e. The minimum absolute atomic E-state index is 0.108. The molecule has 0 fully saturated rings. The quantitative estimate of drug-likeness (QED) is 0.706. The molecule has 0 bridgehead atoms. The van der Waals surface area contributed by atoms with E-state index in [-0.39, 0.29) is 11.9 Å². The first-order chi connectivity index (χ1) is 8.40. The number of hydrogen-bond acceptors (Lipinski definition) is 4. The molecule has 1 heterocycles. The molecular weight excluding hydrogens is 228 g/mol. The zero-order valence-electron chi connectivity index (χ0n) is 12.1. The fourth-order valence-corrected chi connectivity index (χ4v) is 2.09. The van der Waals surface area contributed by atoms with Gasteiger partial charge in [0.1, 0.15) is 0 Å². The zero-order valence-corrected chi connectivity index (χ0v) is 12.1. The molecule has 0 saturated heterocycles. The fourth-order valence-electron chi connectivity index (χ4n) is 2.09. The fraction of sp³-hybridized carbons (Fsp3) is 0.786. The molecule has 0 spiro atoms. The highest BCUT2D eigenvalue weighted by molar-refractivity contribution is 5.97. The van der Waals surface area contributed by atoms with Gasteiger partial charge in [-0.15, -0.1) is 0 Å². The van der Waals surface area contributed by atoms with Crippen molar-refractivity contribution in [2.24, 2.45) is 28.0 Å². The molecule has 18 heavy (non-hydrogen) atoms. The Kier molecular flexibility index (Phi) is 5.51. The van der Waals surface area contributed by atoms with Crippen LogP contribution in [-0.4, -0.2) is 24.0 Å². The van der Waals surface area contributed by atoms with Gasteiger partial charge in [-0.25, -0.2) is 0 Å². The molecule has 0 radical (unpaired) electrons. The van der Waals surface area contributed by atoms with Crippen LogP contribution in [0.3, 0.4) is 0 Å². The second-order valence-electron chi connectivity index (χ2n) is 5.65. The lowest BCUT2D eigenvalue weighted by Crippen LogP contribution is -2.26. The Labute approximate surface area is 110 Å². The molecule has 4 heteroatoms. The van der Waals surface area contributed by atoms with Gasteiger partial charge in [-0.05, 0) is 19.3 Å². The van der Waals surface area contributed by atoms with Crippen LogP contribution < -0.4 is 0 Å². The molecule has 0 aliphatic carbocycles. The summed E-state index contributed by atoms with van der Waals surface area (Å²) in [6.45, 7) is 10.7. The monoisotopic (exact) mass is 252 g/mol. The van der Waals surface area contributed by atoms with E-state index in [1.807, 2.05) is 27.7 Å². The van der Waals surface area contributed by atoms with Crippen LogP contribution >= 0.6 is 0 Å². The van der Waals surface area contributed by atoms with Gasteiger partial charge in [-0.2, -0.15) is 10.2 Å². The molecule has 2 atom stereocenters. The minimum Gasteiger partial charge on any atom is -0.465 e. The number of nitrogens with zero attached hydrogens (tertiary/aromatic N) is 2. The minimum atomic E-state index is -0.141. The summed E-state index contributed by atoms with van der Waals surface area (Å²) in [7, 11) is 0. The summed E-state index contributed by atoms with van der Waals surface area (Å²) >= 11 is 0. The van der Waals surface area contributed by atoms with Gasteiger partial charge in [-0.1, -0.05) is 27.7 Å². The number of carbonyl (C=O) groups excluding carboxylic acids is 1. The van der Waals surface area contributed by atoms with Gasteiger partial charge in [0.15, 0.2) is 0 Å². The van der Waals surface area contributed by atoms with Gasteiger partial charge in [0.25, 0.3) is 0 Å². The Balaban J connectivity index is 2.50. The van der Waals surface area contributed by atoms with E-state index in [1.165, 1.54) is 0 Å². The first kappa shape index (κ1) is 14.9. The highest BCUT2D eigenvalue weighted by Gasteiger charge is 2.24. The van der Waals surface area contributed by atoms with Crippen molar-refractivity contribution in [3.05, 3.63) is 0 Å². The third-order valence-electron chi connectivity index (χ3n) is 3.00. The van der Waals surface area contributed by atoms with Crippen molar-refractivity contribution in [3.63, 3.8) is 0 Å². The SMILES string of the molecule is CC1=NN=C(C(C)CC(=O)OCC(C)C)C(C)C1. The van der Waals surface area contributed by atoms with E-state index in [4.69, 9.17) is 4.74 Å². The Hall–Kier alpha value is -1.19. The second-order valence-corrected chi connectivity index (χ2v) is 5.65. The van der Waals surface area contributed by atoms with Gasteiger partial charge in [-0.3, -0.25) is 4.79 Å². The Morgan fingerprint density at radius 3 is 2.61 bits per heavy atom. The maximum Gasteiger partial charge on any atom is 0.306 e. The lowest BCUT2D eigenvalue weighted by atomic mass is 9.88. The van der Waals surface area contributed by atoms with Crippen LogP contribution in [0.15, 0.2) is 10.2 Å². The van der Waals surface area contributed by atoms with E-state index in [1.54, 1.807) is 0 Å². The van der Waals surface area contributed by atoms with Crippen molar-refractivity contribution in [2.45, 2.75) is 47.5 Å². The second kappa shape index (κ2) is 6.66. The first-order valence-corrected chi connectivity index (χ1v) is 6.66. The molecule has 0 aromatic carbocycles. The third kappa shape index (κ3) is 4.59. The van der Waals surface area contributed by atoms with E-state index < -0.39 is 0 Å². The molecule has 0 amide bonds. The number of esters is 1. The van der Waals surface area contributed by atoms with Gasteiger partial charge in [0, 0.05) is 23.3 Å². The zero-order chi connectivity index (χ0) is 13.7. The van der Waals surface area contributed by atoms with E-state index >= 15 is 0 Å².